The molecule has 4 aromatic heterocycles. The summed E-state index contributed by atoms with van der Waals surface area (Å²) in [6, 6.07) is 45.9. The Labute approximate surface area is 237 Å². The van der Waals surface area contributed by atoms with E-state index >= 15 is 0 Å². The molecule has 4 heterocycles. The summed E-state index contributed by atoms with van der Waals surface area (Å²) in [5.74, 6) is 1.88. The molecule has 194 valence electrons. The second kappa shape index (κ2) is 9.28. The Morgan fingerprint density at radius 1 is 0.488 bits per heavy atom. The fourth-order valence-corrected chi connectivity index (χ4v) is 5.91. The molecule has 0 fully saturated rings. The van der Waals surface area contributed by atoms with Crippen molar-refractivity contribution in [3.05, 3.63) is 139 Å². The van der Waals surface area contributed by atoms with E-state index in [-0.39, 0.29) is 0 Å². The molecule has 8 rings (SSSR count). The number of aryl methyl sites for hydroxylation is 1. The molecule has 0 aliphatic rings. The van der Waals surface area contributed by atoms with Crippen LogP contribution >= 0.6 is 0 Å². The number of pyridine rings is 1. The van der Waals surface area contributed by atoms with Crippen LogP contribution in [0, 0.1) is 6.92 Å². The monoisotopic (exact) mass is 527 g/mol. The summed E-state index contributed by atoms with van der Waals surface area (Å²) in [5.41, 5.74) is 8.65. The summed E-state index contributed by atoms with van der Waals surface area (Å²) in [6.45, 7) is 2.16. The highest BCUT2D eigenvalue weighted by Crippen LogP contribution is 2.42. The van der Waals surface area contributed by atoms with Crippen molar-refractivity contribution >= 4 is 27.3 Å². The second-order valence-corrected chi connectivity index (χ2v) is 10.2. The van der Waals surface area contributed by atoms with Crippen molar-refractivity contribution in [2.45, 2.75) is 6.92 Å². The van der Waals surface area contributed by atoms with E-state index in [0.717, 1.165) is 33.1 Å². The number of fused-ring (bicyclic) bond motifs is 5. The maximum absolute atomic E-state index is 5.11. The van der Waals surface area contributed by atoms with Gasteiger partial charge < -0.3 is 4.40 Å². The maximum atomic E-state index is 5.11. The lowest BCUT2D eigenvalue weighted by atomic mass is 10.1. The van der Waals surface area contributed by atoms with Gasteiger partial charge >= 0.3 is 0 Å². The molecule has 0 atom stereocenters. The van der Waals surface area contributed by atoms with E-state index in [0.29, 0.717) is 17.6 Å². The van der Waals surface area contributed by atoms with Gasteiger partial charge in [0, 0.05) is 27.6 Å². The summed E-state index contributed by atoms with van der Waals surface area (Å²) in [4.78, 5) is 15.2. The molecule has 0 saturated heterocycles. The molecule has 0 bridgehead atoms. The van der Waals surface area contributed by atoms with Gasteiger partial charge in [0.15, 0.2) is 11.6 Å². The van der Waals surface area contributed by atoms with E-state index in [4.69, 9.17) is 15.0 Å². The zero-order valence-electron chi connectivity index (χ0n) is 22.4. The van der Waals surface area contributed by atoms with Crippen molar-refractivity contribution in [3.8, 4) is 40.0 Å². The zero-order chi connectivity index (χ0) is 27.3. The first kappa shape index (κ1) is 23.3. The number of hydrogen-bond donors (Lipinski definition) is 0. The van der Waals surface area contributed by atoms with Gasteiger partial charge in [0.2, 0.25) is 5.95 Å². The van der Waals surface area contributed by atoms with E-state index in [1.165, 1.54) is 22.3 Å². The van der Waals surface area contributed by atoms with Gasteiger partial charge in [-0.3, -0.25) is 4.57 Å². The lowest BCUT2D eigenvalue weighted by Gasteiger charge is -2.11. The van der Waals surface area contributed by atoms with E-state index < -0.39 is 0 Å². The van der Waals surface area contributed by atoms with Crippen LogP contribution < -0.4 is 0 Å². The molecule has 4 aromatic carbocycles. The van der Waals surface area contributed by atoms with E-state index in [9.17, 15) is 0 Å². The summed E-state index contributed by atoms with van der Waals surface area (Å²) in [7, 11) is 0. The highest BCUT2D eigenvalue weighted by molar-refractivity contribution is 6.20. The lowest BCUT2D eigenvalue weighted by Crippen LogP contribution is -2.06. The van der Waals surface area contributed by atoms with E-state index in [2.05, 4.69) is 88.7 Å². The number of aromatic nitrogens is 5. The molecule has 8 aromatic rings. The van der Waals surface area contributed by atoms with Crippen molar-refractivity contribution in [2.24, 2.45) is 0 Å². The topological polar surface area (TPSA) is 48.0 Å². The van der Waals surface area contributed by atoms with Crippen LogP contribution in [-0.2, 0) is 0 Å². The van der Waals surface area contributed by atoms with Crippen LogP contribution in [0.1, 0.15) is 5.69 Å². The Kier molecular flexibility index (Phi) is 5.28. The predicted octanol–water partition coefficient (Wildman–Crippen LogP) is 8.53. The Bertz CT molecular complexity index is 2140. The Morgan fingerprint density at radius 3 is 1.66 bits per heavy atom. The zero-order valence-corrected chi connectivity index (χ0v) is 22.4. The lowest BCUT2D eigenvalue weighted by molar-refractivity contribution is 0.954. The van der Waals surface area contributed by atoms with Crippen LogP contribution in [0.15, 0.2) is 133 Å². The van der Waals surface area contributed by atoms with Crippen molar-refractivity contribution < 1.29 is 0 Å². The average molecular weight is 528 g/mol. The molecular formula is C36H25N5. The van der Waals surface area contributed by atoms with Gasteiger partial charge in [-0.1, -0.05) is 115 Å². The largest absolute Gasteiger partial charge is 0.311 e. The smallest absolute Gasteiger partial charge is 0.238 e. The Balaban J connectivity index is 1.54. The standard InChI is InChI=1S/C36H25N5/c1-24-14-13-23-30-33-31(32(40(24)30)25-15-5-2-6-16-25)28-21-11-12-22-29(28)41(33)36-38-34(26-17-7-3-8-18-26)37-35(39-36)27-19-9-4-10-20-27/h2-23H,1H3. The van der Waals surface area contributed by atoms with Crippen molar-refractivity contribution in [3.63, 3.8) is 0 Å². The molecule has 5 nitrogen and oxygen atoms in total. The van der Waals surface area contributed by atoms with Crippen molar-refractivity contribution in [1.82, 2.24) is 23.9 Å². The van der Waals surface area contributed by atoms with Gasteiger partial charge in [0.25, 0.3) is 0 Å². The first-order valence-electron chi connectivity index (χ1n) is 13.7. The van der Waals surface area contributed by atoms with Crippen LogP contribution in [-0.4, -0.2) is 23.9 Å². The van der Waals surface area contributed by atoms with Crippen LogP contribution in [0.4, 0.5) is 0 Å². The van der Waals surface area contributed by atoms with Crippen molar-refractivity contribution in [1.29, 1.82) is 0 Å². The minimum atomic E-state index is 0.595. The molecule has 41 heavy (non-hydrogen) atoms. The SMILES string of the molecule is Cc1cccc2c3c(c(-c4ccccc4)n12)c1ccccc1n3-c1nc(-c2ccccc2)nc(-c2ccccc2)n1. The fourth-order valence-electron chi connectivity index (χ4n) is 5.91. The summed E-state index contributed by atoms with van der Waals surface area (Å²) in [5, 5.41) is 2.34. The normalized spacial score (nSPS) is 11.5. The minimum Gasteiger partial charge on any atom is -0.311 e. The molecule has 0 saturated carbocycles. The quantitative estimate of drug-likeness (QED) is 0.230. The number of para-hydroxylation sites is 1. The van der Waals surface area contributed by atoms with Gasteiger partial charge in [-0.15, -0.1) is 0 Å². The fraction of sp³-hybridized carbons (Fsp3) is 0.0278. The summed E-state index contributed by atoms with van der Waals surface area (Å²) < 4.78 is 4.58. The minimum absolute atomic E-state index is 0.595. The third-order valence-electron chi connectivity index (χ3n) is 7.70. The second-order valence-electron chi connectivity index (χ2n) is 10.2. The molecule has 0 N–H and O–H groups in total. The van der Waals surface area contributed by atoms with Crippen LogP contribution in [0.3, 0.4) is 0 Å². The Morgan fingerprint density at radius 2 is 1.02 bits per heavy atom. The predicted molar refractivity (Wildman–Crippen MR) is 166 cm³/mol. The van der Waals surface area contributed by atoms with Crippen LogP contribution in [0.25, 0.3) is 67.3 Å². The molecule has 0 amide bonds. The number of nitrogens with zero attached hydrogens (tertiary/aromatic N) is 5. The average Bonchev–Trinajstić information content (AvgIpc) is 3.56. The van der Waals surface area contributed by atoms with E-state index in [1.807, 2.05) is 60.7 Å². The number of rotatable bonds is 4. The molecular weight excluding hydrogens is 502 g/mol. The molecule has 0 unspecified atom stereocenters. The van der Waals surface area contributed by atoms with Crippen molar-refractivity contribution in [2.75, 3.05) is 0 Å². The molecule has 0 aliphatic heterocycles. The van der Waals surface area contributed by atoms with Gasteiger partial charge in [0.1, 0.15) is 0 Å². The maximum Gasteiger partial charge on any atom is 0.238 e. The van der Waals surface area contributed by atoms with Gasteiger partial charge in [-0.2, -0.15) is 9.97 Å². The first-order chi connectivity index (χ1) is 20.3. The van der Waals surface area contributed by atoms with Crippen LogP contribution in [0.5, 0.6) is 0 Å². The van der Waals surface area contributed by atoms with Gasteiger partial charge in [-0.25, -0.2) is 4.98 Å². The highest BCUT2D eigenvalue weighted by atomic mass is 15.2. The third kappa shape index (κ3) is 3.67. The molecule has 5 heteroatoms. The molecule has 0 radical (unpaired) electrons. The first-order valence-corrected chi connectivity index (χ1v) is 13.7. The summed E-state index contributed by atoms with van der Waals surface area (Å²) >= 11 is 0. The third-order valence-corrected chi connectivity index (χ3v) is 7.70. The molecule has 0 aliphatic carbocycles. The summed E-state index contributed by atoms with van der Waals surface area (Å²) in [6.07, 6.45) is 0. The number of benzene rings is 4. The molecule has 0 spiro atoms. The van der Waals surface area contributed by atoms with Crippen LogP contribution in [0.2, 0.25) is 0 Å². The highest BCUT2D eigenvalue weighted by Gasteiger charge is 2.25. The number of hydrogen-bond acceptors (Lipinski definition) is 3. The Hall–Kier alpha value is -5.55. The van der Waals surface area contributed by atoms with Gasteiger partial charge in [-0.05, 0) is 30.7 Å². The van der Waals surface area contributed by atoms with E-state index in [1.54, 1.807) is 0 Å². The van der Waals surface area contributed by atoms with Gasteiger partial charge in [0.05, 0.1) is 22.2 Å².